The third kappa shape index (κ3) is 5.11. The number of carbonyl (C=O) groups excluding carboxylic acids is 3. The second-order valence-corrected chi connectivity index (χ2v) is 6.88. The number of nitrogens with one attached hydrogen (secondary N) is 1. The normalized spacial score (nSPS) is 10.6. The molecule has 0 saturated carbocycles. The first-order valence-electron chi connectivity index (χ1n) is 7.93. The van der Waals surface area contributed by atoms with Crippen LogP contribution in [0.3, 0.4) is 0 Å². The average molecular weight is 414 g/mol. The van der Waals surface area contributed by atoms with Gasteiger partial charge in [-0.1, -0.05) is 11.6 Å². The van der Waals surface area contributed by atoms with Gasteiger partial charge < -0.3 is 9.15 Å². The summed E-state index contributed by atoms with van der Waals surface area (Å²) in [5.41, 5.74) is -0.0354. The molecule has 144 valence electrons. The van der Waals surface area contributed by atoms with Crippen LogP contribution in [-0.4, -0.2) is 30.0 Å². The monoisotopic (exact) mass is 413 g/mol. The van der Waals surface area contributed by atoms with Crippen molar-refractivity contribution in [1.29, 1.82) is 0 Å². The molecule has 1 heterocycles. The van der Waals surface area contributed by atoms with Gasteiger partial charge in [0.05, 0.1) is 22.9 Å². The molecule has 1 N–H and O–H groups in total. The quantitative estimate of drug-likeness (QED) is 0.409. The molecule has 0 bridgehead atoms. The number of ketones is 1. The van der Waals surface area contributed by atoms with Crippen LogP contribution in [-0.2, 0) is 9.53 Å². The zero-order chi connectivity index (χ0) is 20.1. The SMILES string of the molecule is CCOC(=O)c1c(NC(=O)CSc2ccc(F)c(Cl)c2)oc(C)c1C(C)=O. The van der Waals surface area contributed by atoms with E-state index in [1.807, 2.05) is 0 Å². The van der Waals surface area contributed by atoms with Crippen LogP contribution in [0.2, 0.25) is 5.02 Å². The molecule has 1 aromatic carbocycles. The standard InChI is InChI=1S/C18H17ClFNO5S/c1-4-25-18(24)16-15(9(2)22)10(3)26-17(16)21-14(23)8-27-11-5-6-13(20)12(19)7-11/h5-7H,4,8H2,1-3H3,(H,21,23). The molecule has 0 atom stereocenters. The van der Waals surface area contributed by atoms with Crippen molar-refractivity contribution in [3.8, 4) is 0 Å². The van der Waals surface area contributed by atoms with E-state index in [1.165, 1.54) is 32.0 Å². The maximum Gasteiger partial charge on any atom is 0.344 e. The fraction of sp³-hybridized carbons (Fsp3) is 0.278. The Morgan fingerprint density at radius 1 is 1.30 bits per heavy atom. The van der Waals surface area contributed by atoms with Crippen molar-refractivity contribution in [1.82, 2.24) is 0 Å². The van der Waals surface area contributed by atoms with Gasteiger partial charge in [-0.3, -0.25) is 14.9 Å². The Morgan fingerprint density at radius 2 is 2.00 bits per heavy atom. The van der Waals surface area contributed by atoms with E-state index in [1.54, 1.807) is 6.92 Å². The molecule has 2 aromatic rings. The maximum atomic E-state index is 13.2. The fourth-order valence-corrected chi connectivity index (χ4v) is 3.31. The molecule has 0 radical (unpaired) electrons. The second kappa shape index (κ2) is 9.05. The third-order valence-electron chi connectivity index (χ3n) is 3.43. The summed E-state index contributed by atoms with van der Waals surface area (Å²) in [7, 11) is 0. The molecule has 2 rings (SSSR count). The Morgan fingerprint density at radius 3 is 2.59 bits per heavy atom. The first-order chi connectivity index (χ1) is 12.7. The van der Waals surface area contributed by atoms with E-state index < -0.39 is 17.7 Å². The van der Waals surface area contributed by atoms with Crippen molar-refractivity contribution < 1.29 is 27.9 Å². The Hall–Kier alpha value is -2.32. The number of esters is 1. The van der Waals surface area contributed by atoms with Crippen LogP contribution in [0.1, 0.15) is 40.3 Å². The molecule has 9 heteroatoms. The minimum Gasteiger partial charge on any atom is -0.462 e. The van der Waals surface area contributed by atoms with Crippen LogP contribution in [0.4, 0.5) is 10.3 Å². The van der Waals surface area contributed by atoms with E-state index in [0.717, 1.165) is 11.8 Å². The zero-order valence-corrected chi connectivity index (χ0v) is 16.4. The number of ether oxygens (including phenoxy) is 1. The number of anilines is 1. The predicted octanol–water partition coefficient (Wildman–Crippen LogP) is 4.49. The summed E-state index contributed by atoms with van der Waals surface area (Å²) in [5, 5.41) is 2.43. The lowest BCUT2D eigenvalue weighted by molar-refractivity contribution is -0.113. The van der Waals surface area contributed by atoms with Gasteiger partial charge in [-0.2, -0.15) is 0 Å². The molecular weight excluding hydrogens is 397 g/mol. The third-order valence-corrected chi connectivity index (χ3v) is 4.71. The number of benzene rings is 1. The number of Topliss-reactive ketones (excluding diaryl/α,β-unsaturated/α-hetero) is 1. The first kappa shape index (κ1) is 21.0. The molecule has 1 amide bonds. The van der Waals surface area contributed by atoms with Gasteiger partial charge in [0.25, 0.3) is 0 Å². The number of hydrogen-bond donors (Lipinski definition) is 1. The molecular formula is C18H17ClFNO5S. The van der Waals surface area contributed by atoms with Crippen molar-refractivity contribution in [2.45, 2.75) is 25.7 Å². The Bertz CT molecular complexity index is 896. The van der Waals surface area contributed by atoms with Crippen LogP contribution in [0.25, 0.3) is 0 Å². The van der Waals surface area contributed by atoms with Gasteiger partial charge in [-0.25, -0.2) is 9.18 Å². The highest BCUT2D eigenvalue weighted by Crippen LogP contribution is 2.29. The highest BCUT2D eigenvalue weighted by molar-refractivity contribution is 8.00. The number of thioether (sulfide) groups is 1. The minimum absolute atomic E-state index is 0.0423. The summed E-state index contributed by atoms with van der Waals surface area (Å²) in [4.78, 5) is 36.9. The van der Waals surface area contributed by atoms with Gasteiger partial charge in [0, 0.05) is 4.90 Å². The second-order valence-electron chi connectivity index (χ2n) is 5.43. The molecule has 6 nitrogen and oxygen atoms in total. The van der Waals surface area contributed by atoms with E-state index in [-0.39, 0.29) is 45.9 Å². The van der Waals surface area contributed by atoms with Crippen molar-refractivity contribution >= 4 is 46.9 Å². The van der Waals surface area contributed by atoms with Crippen LogP contribution >= 0.6 is 23.4 Å². The summed E-state index contributed by atoms with van der Waals surface area (Å²) >= 11 is 6.83. The highest BCUT2D eigenvalue weighted by Gasteiger charge is 2.28. The van der Waals surface area contributed by atoms with E-state index in [0.29, 0.717) is 4.90 Å². The minimum atomic E-state index is -0.757. The predicted molar refractivity (Wildman–Crippen MR) is 100 cm³/mol. The van der Waals surface area contributed by atoms with Crippen molar-refractivity contribution in [2.24, 2.45) is 0 Å². The fourth-order valence-electron chi connectivity index (χ4n) is 2.33. The summed E-state index contributed by atoms with van der Waals surface area (Å²) in [5.74, 6) is -2.14. The average Bonchev–Trinajstić information content (AvgIpc) is 2.92. The molecule has 0 fully saturated rings. The lowest BCUT2D eigenvalue weighted by Gasteiger charge is -2.06. The van der Waals surface area contributed by atoms with Crippen molar-refractivity contribution in [3.63, 3.8) is 0 Å². The molecule has 1 aromatic heterocycles. The molecule has 0 aliphatic carbocycles. The van der Waals surface area contributed by atoms with E-state index in [2.05, 4.69) is 5.32 Å². The molecule has 0 saturated heterocycles. The van der Waals surface area contributed by atoms with Crippen LogP contribution in [0, 0.1) is 12.7 Å². The summed E-state index contributed by atoms with van der Waals surface area (Å²) in [6.07, 6.45) is 0. The number of amides is 1. The number of hydrogen-bond acceptors (Lipinski definition) is 6. The van der Waals surface area contributed by atoms with Gasteiger partial charge in [-0.05, 0) is 39.0 Å². The van der Waals surface area contributed by atoms with Gasteiger partial charge in [0.1, 0.15) is 17.1 Å². The summed E-state index contributed by atoms with van der Waals surface area (Å²) in [6, 6.07) is 4.11. The van der Waals surface area contributed by atoms with Crippen LogP contribution in [0.5, 0.6) is 0 Å². The van der Waals surface area contributed by atoms with Gasteiger partial charge in [-0.15, -0.1) is 11.8 Å². The van der Waals surface area contributed by atoms with Crippen molar-refractivity contribution in [2.75, 3.05) is 17.7 Å². The smallest absolute Gasteiger partial charge is 0.344 e. The lowest BCUT2D eigenvalue weighted by atomic mass is 10.1. The Kier molecular flexibility index (Phi) is 7.04. The number of halogens is 2. The largest absolute Gasteiger partial charge is 0.462 e. The summed E-state index contributed by atoms with van der Waals surface area (Å²) < 4.78 is 23.5. The number of aryl methyl sites for hydroxylation is 1. The topological polar surface area (TPSA) is 85.6 Å². The van der Waals surface area contributed by atoms with Gasteiger partial charge in [0.15, 0.2) is 5.78 Å². The Balaban J connectivity index is 2.16. The Labute approximate surface area is 164 Å². The van der Waals surface area contributed by atoms with E-state index >= 15 is 0 Å². The van der Waals surface area contributed by atoms with Gasteiger partial charge in [0.2, 0.25) is 11.8 Å². The summed E-state index contributed by atoms with van der Waals surface area (Å²) in [6.45, 7) is 4.54. The molecule has 0 unspecified atom stereocenters. The van der Waals surface area contributed by atoms with Crippen LogP contribution < -0.4 is 5.32 Å². The van der Waals surface area contributed by atoms with Crippen molar-refractivity contribution in [3.05, 3.63) is 45.9 Å². The zero-order valence-electron chi connectivity index (χ0n) is 14.9. The molecule has 27 heavy (non-hydrogen) atoms. The highest BCUT2D eigenvalue weighted by atomic mass is 35.5. The molecule has 0 aliphatic heterocycles. The first-order valence-corrected chi connectivity index (χ1v) is 9.30. The molecule has 0 aliphatic rings. The number of carbonyl (C=O) groups is 3. The number of rotatable bonds is 7. The van der Waals surface area contributed by atoms with E-state index in [4.69, 9.17) is 20.8 Å². The molecule has 0 spiro atoms. The van der Waals surface area contributed by atoms with E-state index in [9.17, 15) is 18.8 Å². The number of furan rings is 1. The maximum absolute atomic E-state index is 13.2. The van der Waals surface area contributed by atoms with Gasteiger partial charge >= 0.3 is 5.97 Å². The lowest BCUT2D eigenvalue weighted by Crippen LogP contribution is -2.17. The van der Waals surface area contributed by atoms with Crippen LogP contribution in [0.15, 0.2) is 27.5 Å².